The summed E-state index contributed by atoms with van der Waals surface area (Å²) >= 11 is 5.72. The predicted octanol–water partition coefficient (Wildman–Crippen LogP) is 4.30. The summed E-state index contributed by atoms with van der Waals surface area (Å²) in [6.07, 6.45) is 3.50. The summed E-state index contributed by atoms with van der Waals surface area (Å²) in [4.78, 5) is 12.1. The van der Waals surface area contributed by atoms with Gasteiger partial charge in [0.05, 0.1) is 11.8 Å². The number of rotatable bonds is 3. The lowest BCUT2D eigenvalue weighted by Gasteiger charge is -2.02. The van der Waals surface area contributed by atoms with Crippen molar-refractivity contribution in [3.05, 3.63) is 38.0 Å². The molecular formula is C13H9BrINO2. The summed E-state index contributed by atoms with van der Waals surface area (Å²) < 4.78 is 7.35. The molecule has 1 aliphatic carbocycles. The molecular weight excluding hydrogens is 409 g/mol. The van der Waals surface area contributed by atoms with Crippen molar-refractivity contribution in [3.8, 4) is 11.3 Å². The van der Waals surface area contributed by atoms with Crippen molar-refractivity contribution >= 4 is 44.3 Å². The Morgan fingerprint density at radius 2 is 2.22 bits per heavy atom. The average Bonchev–Trinajstić information content (AvgIpc) is 3.09. The second-order valence-electron chi connectivity index (χ2n) is 4.34. The summed E-state index contributed by atoms with van der Waals surface area (Å²) in [6.45, 7) is 0. The van der Waals surface area contributed by atoms with Crippen molar-refractivity contribution in [2.24, 2.45) is 5.92 Å². The van der Waals surface area contributed by atoms with Gasteiger partial charge in [-0.3, -0.25) is 4.79 Å². The summed E-state index contributed by atoms with van der Waals surface area (Å²) in [6, 6.07) is 5.87. The van der Waals surface area contributed by atoms with E-state index in [0.717, 1.165) is 26.4 Å². The van der Waals surface area contributed by atoms with E-state index >= 15 is 0 Å². The number of carbonyl (C=O) groups is 1. The van der Waals surface area contributed by atoms with Gasteiger partial charge in [0.15, 0.2) is 11.5 Å². The topological polar surface area (TPSA) is 43.1 Å². The first-order chi connectivity index (χ1) is 8.66. The molecule has 1 saturated carbocycles. The van der Waals surface area contributed by atoms with E-state index in [9.17, 15) is 4.79 Å². The number of hydrogen-bond acceptors (Lipinski definition) is 3. The van der Waals surface area contributed by atoms with E-state index < -0.39 is 0 Å². The molecule has 5 heteroatoms. The number of ketones is 1. The zero-order valence-electron chi connectivity index (χ0n) is 9.32. The van der Waals surface area contributed by atoms with E-state index in [0.29, 0.717) is 11.3 Å². The van der Waals surface area contributed by atoms with Crippen molar-refractivity contribution in [2.75, 3.05) is 0 Å². The number of aromatic nitrogens is 1. The summed E-state index contributed by atoms with van der Waals surface area (Å²) in [5.41, 5.74) is 1.48. The maximum Gasteiger partial charge on any atom is 0.177 e. The molecule has 1 heterocycles. The molecule has 0 N–H and O–H groups in total. The second kappa shape index (κ2) is 4.77. The molecule has 3 rings (SSSR count). The molecule has 0 saturated heterocycles. The summed E-state index contributed by atoms with van der Waals surface area (Å²) in [5.74, 6) is 0.903. The van der Waals surface area contributed by atoms with Crippen LogP contribution in [-0.2, 0) is 0 Å². The Labute approximate surface area is 126 Å². The molecule has 1 fully saturated rings. The highest BCUT2D eigenvalue weighted by atomic mass is 127. The van der Waals surface area contributed by atoms with Crippen LogP contribution in [0.2, 0.25) is 0 Å². The van der Waals surface area contributed by atoms with Gasteiger partial charge >= 0.3 is 0 Å². The lowest BCUT2D eigenvalue weighted by Crippen LogP contribution is -2.01. The number of Topliss-reactive ketones (excluding diaryl/α,β-unsaturated/α-hetero) is 1. The van der Waals surface area contributed by atoms with Crippen LogP contribution in [0.3, 0.4) is 0 Å². The first kappa shape index (κ1) is 12.3. The molecule has 0 radical (unpaired) electrons. The Hall–Kier alpha value is -0.690. The minimum Gasteiger partial charge on any atom is -0.356 e. The minimum absolute atomic E-state index is 0.154. The molecule has 18 heavy (non-hydrogen) atoms. The van der Waals surface area contributed by atoms with E-state index in [-0.39, 0.29) is 11.7 Å². The van der Waals surface area contributed by atoms with Crippen molar-refractivity contribution in [1.29, 1.82) is 0 Å². The third-order valence-electron chi connectivity index (χ3n) is 2.97. The fourth-order valence-corrected chi connectivity index (χ4v) is 2.54. The van der Waals surface area contributed by atoms with Gasteiger partial charge in [-0.15, -0.1) is 0 Å². The number of nitrogens with zero attached hydrogens (tertiary/aromatic N) is 1. The standard InChI is InChI=1S/C13H9BrINO2/c14-10-5-8(3-4-11(10)15)13-9(6-16-18-13)12(17)7-1-2-7/h3-7H,1-2H2. The SMILES string of the molecule is O=C(c1cnoc1-c1ccc(I)c(Br)c1)C1CC1. The monoisotopic (exact) mass is 417 g/mol. The van der Waals surface area contributed by atoms with Gasteiger partial charge in [0.2, 0.25) is 0 Å². The van der Waals surface area contributed by atoms with Crippen molar-refractivity contribution in [1.82, 2.24) is 5.16 Å². The van der Waals surface area contributed by atoms with Crippen LogP contribution in [0.4, 0.5) is 0 Å². The predicted molar refractivity (Wildman–Crippen MR) is 79.4 cm³/mol. The first-order valence-corrected chi connectivity index (χ1v) is 7.48. The Morgan fingerprint density at radius 3 is 2.89 bits per heavy atom. The summed E-state index contributed by atoms with van der Waals surface area (Å²) in [5, 5.41) is 3.77. The Kier molecular flexibility index (Phi) is 3.27. The molecule has 3 nitrogen and oxygen atoms in total. The Bertz CT molecular complexity index is 619. The van der Waals surface area contributed by atoms with E-state index in [1.165, 1.54) is 6.20 Å². The lowest BCUT2D eigenvalue weighted by molar-refractivity contribution is 0.0968. The van der Waals surface area contributed by atoms with Gasteiger partial charge in [-0.25, -0.2) is 0 Å². The molecule has 1 aromatic heterocycles. The molecule has 0 aliphatic heterocycles. The first-order valence-electron chi connectivity index (χ1n) is 5.61. The molecule has 0 bridgehead atoms. The van der Waals surface area contributed by atoms with Crippen LogP contribution in [0, 0.1) is 9.49 Å². The summed E-state index contributed by atoms with van der Waals surface area (Å²) in [7, 11) is 0. The number of hydrogen-bond donors (Lipinski definition) is 0. The molecule has 92 valence electrons. The van der Waals surface area contributed by atoms with E-state index in [2.05, 4.69) is 43.7 Å². The number of halogens is 2. The maximum atomic E-state index is 12.1. The average molecular weight is 418 g/mol. The molecule has 1 aliphatic rings. The molecule has 0 unspecified atom stereocenters. The van der Waals surface area contributed by atoms with Gasteiger partial charge in [0.25, 0.3) is 0 Å². The van der Waals surface area contributed by atoms with E-state index in [1.54, 1.807) is 0 Å². The smallest absolute Gasteiger partial charge is 0.177 e. The lowest BCUT2D eigenvalue weighted by atomic mass is 10.0. The molecule has 1 aromatic carbocycles. The molecule has 0 spiro atoms. The largest absolute Gasteiger partial charge is 0.356 e. The normalized spacial score (nSPS) is 14.8. The van der Waals surface area contributed by atoms with Crippen LogP contribution in [0.1, 0.15) is 23.2 Å². The van der Waals surface area contributed by atoms with Crippen LogP contribution >= 0.6 is 38.5 Å². The van der Waals surface area contributed by atoms with Crippen LogP contribution in [0.15, 0.2) is 33.4 Å². The highest BCUT2D eigenvalue weighted by molar-refractivity contribution is 14.1. The Morgan fingerprint density at radius 1 is 1.44 bits per heavy atom. The van der Waals surface area contributed by atoms with Gasteiger partial charge in [-0.1, -0.05) is 5.16 Å². The van der Waals surface area contributed by atoms with E-state index in [4.69, 9.17) is 4.52 Å². The molecule has 0 atom stereocenters. The highest BCUT2D eigenvalue weighted by Crippen LogP contribution is 2.36. The van der Waals surface area contributed by atoms with Gasteiger partial charge in [0, 0.05) is 19.5 Å². The van der Waals surface area contributed by atoms with Gasteiger partial charge in [-0.2, -0.15) is 0 Å². The zero-order chi connectivity index (χ0) is 12.7. The maximum absolute atomic E-state index is 12.1. The third-order valence-corrected chi connectivity index (χ3v) is 5.30. The van der Waals surface area contributed by atoms with Crippen LogP contribution in [0.25, 0.3) is 11.3 Å². The highest BCUT2D eigenvalue weighted by Gasteiger charge is 2.33. The fourth-order valence-electron chi connectivity index (χ4n) is 1.83. The van der Waals surface area contributed by atoms with Gasteiger partial charge in [0.1, 0.15) is 0 Å². The van der Waals surface area contributed by atoms with Gasteiger partial charge in [-0.05, 0) is 69.6 Å². The zero-order valence-corrected chi connectivity index (χ0v) is 13.1. The van der Waals surface area contributed by atoms with Crippen molar-refractivity contribution < 1.29 is 9.32 Å². The number of benzene rings is 1. The Balaban J connectivity index is 2.03. The van der Waals surface area contributed by atoms with Crippen molar-refractivity contribution in [3.63, 3.8) is 0 Å². The second-order valence-corrected chi connectivity index (χ2v) is 6.35. The van der Waals surface area contributed by atoms with Crippen LogP contribution in [0.5, 0.6) is 0 Å². The molecule has 2 aromatic rings. The van der Waals surface area contributed by atoms with Crippen LogP contribution in [-0.4, -0.2) is 10.9 Å². The molecule has 0 amide bonds. The number of carbonyl (C=O) groups excluding carboxylic acids is 1. The third kappa shape index (κ3) is 2.25. The van der Waals surface area contributed by atoms with E-state index in [1.807, 2.05) is 18.2 Å². The minimum atomic E-state index is 0.154. The van der Waals surface area contributed by atoms with Crippen LogP contribution < -0.4 is 0 Å². The quantitative estimate of drug-likeness (QED) is 0.552. The fraction of sp³-hybridized carbons (Fsp3) is 0.231. The van der Waals surface area contributed by atoms with Gasteiger partial charge < -0.3 is 4.52 Å². The van der Waals surface area contributed by atoms with Crippen molar-refractivity contribution in [2.45, 2.75) is 12.8 Å².